The zero-order valence-corrected chi connectivity index (χ0v) is 10.2. The van der Waals surface area contributed by atoms with Crippen LogP contribution in [0.25, 0.3) is 0 Å². The summed E-state index contributed by atoms with van der Waals surface area (Å²) in [5.74, 6) is -1.90. The third-order valence-electron chi connectivity index (χ3n) is 2.12. The normalized spacial score (nSPS) is 15.2. The highest BCUT2D eigenvalue weighted by Crippen LogP contribution is 2.27. The van der Waals surface area contributed by atoms with E-state index in [0.29, 0.717) is 0 Å². The van der Waals surface area contributed by atoms with E-state index in [9.17, 15) is 18.0 Å². The molecule has 0 aliphatic rings. The van der Waals surface area contributed by atoms with E-state index in [1.54, 1.807) is 13.8 Å². The quantitative estimate of drug-likeness (QED) is 0.791. The van der Waals surface area contributed by atoms with Gasteiger partial charge in [0.25, 0.3) is 0 Å². The molecule has 0 rings (SSSR count). The van der Waals surface area contributed by atoms with E-state index in [4.69, 9.17) is 5.73 Å². The van der Waals surface area contributed by atoms with Crippen LogP contribution in [0.2, 0.25) is 0 Å². The number of rotatable bonds is 4. The van der Waals surface area contributed by atoms with Crippen LogP contribution in [0.1, 0.15) is 20.3 Å². The lowest BCUT2D eigenvalue weighted by Crippen LogP contribution is -2.42. The second-order valence-electron chi connectivity index (χ2n) is 3.78. The van der Waals surface area contributed by atoms with Crippen LogP contribution in [0.15, 0.2) is 0 Å². The Morgan fingerprint density at radius 2 is 1.81 bits per heavy atom. The smallest absolute Gasteiger partial charge is 0.390 e. The SMILES string of the molecule is COC(=O)C(C(C)C)C(N)CC(F)(F)F.Cl. The molecule has 0 saturated carbocycles. The van der Waals surface area contributed by atoms with Gasteiger partial charge in [0.05, 0.1) is 19.4 Å². The molecule has 0 aromatic heterocycles. The molecule has 0 aliphatic heterocycles. The highest BCUT2D eigenvalue weighted by atomic mass is 35.5. The standard InChI is InChI=1S/C9H16F3NO2.ClH/c1-5(2)7(8(14)15-3)6(13)4-9(10,11)12;/h5-7H,4,13H2,1-3H3;1H. The van der Waals surface area contributed by atoms with Gasteiger partial charge in [-0.3, -0.25) is 4.79 Å². The molecule has 7 heteroatoms. The van der Waals surface area contributed by atoms with Gasteiger partial charge in [-0.2, -0.15) is 13.2 Å². The van der Waals surface area contributed by atoms with E-state index in [-0.39, 0.29) is 18.3 Å². The van der Waals surface area contributed by atoms with Crippen molar-refractivity contribution in [3.8, 4) is 0 Å². The number of nitrogens with two attached hydrogens (primary N) is 1. The van der Waals surface area contributed by atoms with Crippen molar-refractivity contribution in [1.82, 2.24) is 0 Å². The van der Waals surface area contributed by atoms with Crippen LogP contribution in [0.5, 0.6) is 0 Å². The van der Waals surface area contributed by atoms with Crippen LogP contribution < -0.4 is 5.73 Å². The Kier molecular flexibility index (Phi) is 7.78. The van der Waals surface area contributed by atoms with Crippen molar-refractivity contribution in [3.63, 3.8) is 0 Å². The summed E-state index contributed by atoms with van der Waals surface area (Å²) in [5.41, 5.74) is 5.36. The van der Waals surface area contributed by atoms with Gasteiger partial charge >= 0.3 is 12.1 Å². The van der Waals surface area contributed by atoms with E-state index < -0.39 is 30.5 Å². The summed E-state index contributed by atoms with van der Waals surface area (Å²) >= 11 is 0. The lowest BCUT2D eigenvalue weighted by Gasteiger charge is -2.25. The molecule has 98 valence electrons. The summed E-state index contributed by atoms with van der Waals surface area (Å²) < 4.78 is 40.6. The molecule has 0 heterocycles. The summed E-state index contributed by atoms with van der Waals surface area (Å²) in [7, 11) is 1.14. The minimum atomic E-state index is -4.36. The van der Waals surface area contributed by atoms with Crippen molar-refractivity contribution in [3.05, 3.63) is 0 Å². The summed E-state index contributed by atoms with van der Waals surface area (Å²) in [4.78, 5) is 11.2. The Balaban J connectivity index is 0. The van der Waals surface area contributed by atoms with Gasteiger partial charge in [0.2, 0.25) is 0 Å². The number of carbonyl (C=O) groups is 1. The number of alkyl halides is 3. The molecular formula is C9H17ClF3NO2. The lowest BCUT2D eigenvalue weighted by molar-refractivity contribution is -0.155. The maximum atomic E-state index is 12.1. The van der Waals surface area contributed by atoms with Crippen molar-refractivity contribution >= 4 is 18.4 Å². The molecule has 2 unspecified atom stereocenters. The molecule has 16 heavy (non-hydrogen) atoms. The van der Waals surface area contributed by atoms with E-state index in [1.165, 1.54) is 0 Å². The Labute approximate surface area is 98.9 Å². The van der Waals surface area contributed by atoms with Crippen LogP contribution in [0, 0.1) is 11.8 Å². The average Bonchev–Trinajstić information content (AvgIpc) is 1.99. The van der Waals surface area contributed by atoms with Gasteiger partial charge < -0.3 is 10.5 Å². The fourth-order valence-electron chi connectivity index (χ4n) is 1.47. The molecule has 3 nitrogen and oxygen atoms in total. The predicted molar refractivity (Wildman–Crippen MR) is 56.2 cm³/mol. The zero-order chi connectivity index (χ0) is 12.2. The number of carbonyl (C=O) groups excluding carboxylic acids is 1. The monoisotopic (exact) mass is 263 g/mol. The first kappa shape index (κ1) is 17.9. The van der Waals surface area contributed by atoms with E-state index in [1.807, 2.05) is 0 Å². The maximum Gasteiger partial charge on any atom is 0.390 e. The van der Waals surface area contributed by atoms with Crippen molar-refractivity contribution < 1.29 is 22.7 Å². The summed E-state index contributed by atoms with van der Waals surface area (Å²) in [6.07, 6.45) is -5.54. The zero-order valence-electron chi connectivity index (χ0n) is 9.38. The molecule has 0 saturated heterocycles. The van der Waals surface area contributed by atoms with Gasteiger partial charge in [0.1, 0.15) is 0 Å². The second-order valence-corrected chi connectivity index (χ2v) is 3.78. The Morgan fingerprint density at radius 1 is 1.38 bits per heavy atom. The summed E-state index contributed by atoms with van der Waals surface area (Å²) in [6, 6.07) is -1.25. The van der Waals surface area contributed by atoms with Gasteiger partial charge in [-0.15, -0.1) is 12.4 Å². The molecule has 0 amide bonds. The molecule has 0 aliphatic carbocycles. The van der Waals surface area contributed by atoms with Gasteiger partial charge in [-0.05, 0) is 5.92 Å². The van der Waals surface area contributed by atoms with Crippen molar-refractivity contribution in [2.75, 3.05) is 7.11 Å². The van der Waals surface area contributed by atoms with E-state index in [2.05, 4.69) is 4.74 Å². The van der Waals surface area contributed by atoms with Crippen molar-refractivity contribution in [2.45, 2.75) is 32.5 Å². The molecule has 0 fully saturated rings. The first-order valence-electron chi connectivity index (χ1n) is 4.59. The van der Waals surface area contributed by atoms with Gasteiger partial charge in [0, 0.05) is 6.04 Å². The lowest BCUT2D eigenvalue weighted by atomic mass is 9.87. The second kappa shape index (κ2) is 6.96. The fourth-order valence-corrected chi connectivity index (χ4v) is 1.47. The third kappa shape index (κ3) is 6.17. The molecule has 0 spiro atoms. The topological polar surface area (TPSA) is 52.3 Å². The van der Waals surface area contributed by atoms with Gasteiger partial charge in [-0.25, -0.2) is 0 Å². The molecular weight excluding hydrogens is 247 g/mol. The molecule has 2 N–H and O–H groups in total. The molecule has 0 radical (unpaired) electrons. The van der Waals surface area contributed by atoms with Gasteiger partial charge in [-0.1, -0.05) is 13.8 Å². The van der Waals surface area contributed by atoms with Crippen LogP contribution in [0.3, 0.4) is 0 Å². The average molecular weight is 264 g/mol. The fraction of sp³-hybridized carbons (Fsp3) is 0.889. The highest BCUT2D eigenvalue weighted by Gasteiger charge is 2.38. The minimum absolute atomic E-state index is 0. The Hall–Kier alpha value is -0.490. The molecule has 0 bridgehead atoms. The minimum Gasteiger partial charge on any atom is -0.469 e. The summed E-state index contributed by atoms with van der Waals surface area (Å²) in [6.45, 7) is 3.27. The van der Waals surface area contributed by atoms with Crippen LogP contribution in [-0.4, -0.2) is 25.3 Å². The third-order valence-corrected chi connectivity index (χ3v) is 2.12. The Bertz CT molecular complexity index is 221. The first-order chi connectivity index (χ1) is 6.69. The van der Waals surface area contributed by atoms with Gasteiger partial charge in [0.15, 0.2) is 0 Å². The first-order valence-corrected chi connectivity index (χ1v) is 4.59. The number of hydrogen-bond acceptors (Lipinski definition) is 3. The van der Waals surface area contributed by atoms with E-state index in [0.717, 1.165) is 7.11 Å². The highest BCUT2D eigenvalue weighted by molar-refractivity contribution is 5.85. The number of ether oxygens (including phenoxy) is 1. The van der Waals surface area contributed by atoms with Crippen LogP contribution >= 0.6 is 12.4 Å². The van der Waals surface area contributed by atoms with Crippen LogP contribution in [0.4, 0.5) is 13.2 Å². The number of hydrogen-bond donors (Lipinski definition) is 1. The van der Waals surface area contributed by atoms with Crippen LogP contribution in [-0.2, 0) is 9.53 Å². The molecule has 0 aromatic carbocycles. The number of halogens is 4. The van der Waals surface area contributed by atoms with Crippen molar-refractivity contribution in [2.24, 2.45) is 17.6 Å². The predicted octanol–water partition coefficient (Wildman–Crippen LogP) is 2.13. The maximum absolute atomic E-state index is 12.1. The molecule has 2 atom stereocenters. The van der Waals surface area contributed by atoms with E-state index >= 15 is 0 Å². The largest absolute Gasteiger partial charge is 0.469 e. The number of methoxy groups -OCH3 is 1. The summed E-state index contributed by atoms with van der Waals surface area (Å²) in [5, 5.41) is 0. The van der Waals surface area contributed by atoms with Crippen molar-refractivity contribution in [1.29, 1.82) is 0 Å². The Morgan fingerprint density at radius 3 is 2.06 bits per heavy atom. The number of esters is 1. The molecule has 0 aromatic rings.